The van der Waals surface area contributed by atoms with Crippen LogP contribution >= 0.6 is 11.3 Å². The van der Waals surface area contributed by atoms with Gasteiger partial charge in [0.2, 0.25) is 0 Å². The zero-order valence-electron chi connectivity index (χ0n) is 13.6. The van der Waals surface area contributed by atoms with Gasteiger partial charge in [0.25, 0.3) is 0 Å². The van der Waals surface area contributed by atoms with Crippen LogP contribution in [0.15, 0.2) is 30.3 Å². The summed E-state index contributed by atoms with van der Waals surface area (Å²) in [6.07, 6.45) is 9.23. The van der Waals surface area contributed by atoms with E-state index in [0.717, 1.165) is 49.0 Å². The van der Waals surface area contributed by atoms with E-state index in [1.165, 1.54) is 11.3 Å². The fourth-order valence-electron chi connectivity index (χ4n) is 3.29. The third kappa shape index (κ3) is 3.22. The zero-order valence-corrected chi connectivity index (χ0v) is 14.5. The summed E-state index contributed by atoms with van der Waals surface area (Å²) in [6, 6.07) is 0. The number of hydrogen-bond acceptors (Lipinski definition) is 6. The normalized spacial score (nSPS) is 18.3. The van der Waals surface area contributed by atoms with Gasteiger partial charge in [0.15, 0.2) is 5.82 Å². The Morgan fingerprint density at radius 2 is 2.12 bits per heavy atom. The molecule has 24 heavy (non-hydrogen) atoms. The molecule has 0 amide bonds. The average molecular weight is 340 g/mol. The van der Waals surface area contributed by atoms with Crippen LogP contribution in [0.5, 0.6) is 0 Å². The highest BCUT2D eigenvalue weighted by molar-refractivity contribution is 7.09. The summed E-state index contributed by atoms with van der Waals surface area (Å²) in [5, 5.41) is 0. The maximum atomic E-state index is 4.56. The van der Waals surface area contributed by atoms with E-state index in [4.69, 9.17) is 0 Å². The molecular formula is C17H20N6S. The Balaban J connectivity index is 1.43. The van der Waals surface area contributed by atoms with Gasteiger partial charge in [-0.25, -0.2) is 15.0 Å². The lowest BCUT2D eigenvalue weighted by atomic mass is 10.0. The highest BCUT2D eigenvalue weighted by Gasteiger charge is 2.25. The predicted octanol–water partition coefficient (Wildman–Crippen LogP) is 2.70. The molecule has 0 radical (unpaired) electrons. The van der Waals surface area contributed by atoms with Gasteiger partial charge in [-0.1, -0.05) is 0 Å². The van der Waals surface area contributed by atoms with Gasteiger partial charge >= 0.3 is 0 Å². The van der Waals surface area contributed by atoms with Gasteiger partial charge in [-0.3, -0.25) is 9.88 Å². The monoisotopic (exact) mass is 340 g/mol. The fraction of sp³-hybridized carbons (Fsp3) is 0.412. The van der Waals surface area contributed by atoms with Crippen LogP contribution in [0.4, 0.5) is 0 Å². The molecule has 0 bridgehead atoms. The third-order valence-electron chi connectivity index (χ3n) is 4.56. The van der Waals surface area contributed by atoms with E-state index in [1.807, 2.05) is 11.7 Å². The molecule has 6 nitrogen and oxygen atoms in total. The molecule has 4 heterocycles. The van der Waals surface area contributed by atoms with E-state index in [-0.39, 0.29) is 0 Å². The van der Waals surface area contributed by atoms with Crippen molar-refractivity contribution in [1.82, 2.24) is 29.8 Å². The maximum absolute atomic E-state index is 4.56. The quantitative estimate of drug-likeness (QED) is 0.773. The van der Waals surface area contributed by atoms with Crippen molar-refractivity contribution in [3.63, 3.8) is 0 Å². The molecule has 3 aromatic heterocycles. The molecule has 0 saturated carbocycles. The molecule has 7 heteroatoms. The average Bonchev–Trinajstić information content (AvgIpc) is 3.32. The van der Waals surface area contributed by atoms with E-state index < -0.39 is 0 Å². The molecule has 1 N–H and O–H groups in total. The second-order valence-corrected chi connectivity index (χ2v) is 7.18. The summed E-state index contributed by atoms with van der Waals surface area (Å²) in [5.41, 5.74) is 5.01. The van der Waals surface area contributed by atoms with Crippen LogP contribution in [0.2, 0.25) is 0 Å². The van der Waals surface area contributed by atoms with Crippen LogP contribution in [0.1, 0.15) is 22.7 Å². The molecule has 1 atom stereocenters. The minimum absolute atomic E-state index is 0.614. The van der Waals surface area contributed by atoms with Gasteiger partial charge in [0.1, 0.15) is 5.69 Å². The lowest BCUT2D eigenvalue weighted by molar-refractivity contribution is 0.318. The molecule has 0 unspecified atom stereocenters. The Hall–Kier alpha value is -2.12. The topological polar surface area (TPSA) is 70.6 Å². The Morgan fingerprint density at radius 3 is 2.92 bits per heavy atom. The first kappa shape index (κ1) is 15.4. The second-order valence-electron chi connectivity index (χ2n) is 6.24. The molecule has 0 aromatic carbocycles. The Kier molecular flexibility index (Phi) is 4.36. The van der Waals surface area contributed by atoms with Gasteiger partial charge in [-0.2, -0.15) is 0 Å². The van der Waals surface area contributed by atoms with Crippen LogP contribution < -0.4 is 0 Å². The first-order valence-electron chi connectivity index (χ1n) is 8.20. The van der Waals surface area contributed by atoms with Gasteiger partial charge in [-0.05, 0) is 32.2 Å². The lowest BCUT2D eigenvalue weighted by Gasteiger charge is -2.15. The Labute approximate surface area is 145 Å². The van der Waals surface area contributed by atoms with Crippen molar-refractivity contribution in [2.75, 3.05) is 13.1 Å². The van der Waals surface area contributed by atoms with Crippen molar-refractivity contribution in [1.29, 1.82) is 0 Å². The number of nitrogens with zero attached hydrogens (tertiary/aromatic N) is 5. The van der Waals surface area contributed by atoms with Gasteiger partial charge in [0, 0.05) is 42.8 Å². The number of likely N-dealkylation sites (tertiary alicyclic amines) is 1. The van der Waals surface area contributed by atoms with Gasteiger partial charge in [0.05, 0.1) is 16.9 Å². The molecule has 1 saturated heterocycles. The van der Waals surface area contributed by atoms with Crippen LogP contribution in [-0.4, -0.2) is 42.9 Å². The smallest absolute Gasteiger partial charge is 0.157 e. The van der Waals surface area contributed by atoms with Crippen molar-refractivity contribution in [2.45, 2.75) is 26.3 Å². The van der Waals surface area contributed by atoms with Gasteiger partial charge < -0.3 is 4.98 Å². The van der Waals surface area contributed by atoms with Crippen molar-refractivity contribution in [3.05, 3.63) is 46.6 Å². The summed E-state index contributed by atoms with van der Waals surface area (Å²) >= 11 is 1.75. The van der Waals surface area contributed by atoms with Crippen LogP contribution in [0, 0.1) is 12.8 Å². The second kappa shape index (κ2) is 6.78. The largest absolute Gasteiger partial charge is 0.343 e. The number of imidazole rings is 1. The Morgan fingerprint density at radius 1 is 1.21 bits per heavy atom. The summed E-state index contributed by atoms with van der Waals surface area (Å²) in [5.74, 6) is 1.41. The molecule has 124 valence electrons. The van der Waals surface area contributed by atoms with Crippen LogP contribution in [-0.2, 0) is 13.0 Å². The van der Waals surface area contributed by atoms with Crippen molar-refractivity contribution >= 4 is 11.3 Å². The summed E-state index contributed by atoms with van der Waals surface area (Å²) in [7, 11) is 0. The number of hydrogen-bond donors (Lipinski definition) is 1. The predicted molar refractivity (Wildman–Crippen MR) is 93.6 cm³/mol. The number of rotatable bonds is 5. The fourth-order valence-corrected chi connectivity index (χ4v) is 4.10. The molecule has 0 aliphatic carbocycles. The molecular weight excluding hydrogens is 320 g/mol. The number of aromatic nitrogens is 5. The lowest BCUT2D eigenvalue weighted by Crippen LogP contribution is -2.20. The summed E-state index contributed by atoms with van der Waals surface area (Å²) in [4.78, 5) is 24.7. The number of thiazole rings is 1. The molecule has 1 aliphatic heterocycles. The van der Waals surface area contributed by atoms with E-state index in [9.17, 15) is 0 Å². The SMILES string of the molecule is Cc1ncsc1CN1CC[C@H](Cc2nccnc2-c2ncc[nH]2)C1. The standard InChI is InChI=1S/C17H20N6S/c1-12-15(24-11-22-12)10-23-7-2-13(9-23)8-14-16(19-4-3-18-14)17-20-5-6-21-17/h3-6,11,13H,2,7-10H2,1H3,(H,20,21)/t13-/m1/s1. The van der Waals surface area contributed by atoms with E-state index in [1.54, 1.807) is 29.9 Å². The van der Waals surface area contributed by atoms with Crippen molar-refractivity contribution in [2.24, 2.45) is 5.92 Å². The van der Waals surface area contributed by atoms with Crippen LogP contribution in [0.25, 0.3) is 11.5 Å². The maximum Gasteiger partial charge on any atom is 0.157 e. The minimum Gasteiger partial charge on any atom is -0.343 e. The highest BCUT2D eigenvalue weighted by atomic mass is 32.1. The number of aryl methyl sites for hydroxylation is 1. The number of aromatic amines is 1. The molecule has 1 fully saturated rings. The van der Waals surface area contributed by atoms with E-state index in [2.05, 4.69) is 36.7 Å². The van der Waals surface area contributed by atoms with Gasteiger partial charge in [-0.15, -0.1) is 11.3 Å². The molecule has 3 aromatic rings. The highest BCUT2D eigenvalue weighted by Crippen LogP contribution is 2.26. The number of H-pyrrole nitrogens is 1. The van der Waals surface area contributed by atoms with Crippen molar-refractivity contribution in [3.8, 4) is 11.5 Å². The zero-order chi connectivity index (χ0) is 16.4. The first-order chi connectivity index (χ1) is 11.8. The molecule has 4 rings (SSSR count). The minimum atomic E-state index is 0.614. The third-order valence-corrected chi connectivity index (χ3v) is 5.48. The summed E-state index contributed by atoms with van der Waals surface area (Å²) < 4.78 is 0. The summed E-state index contributed by atoms with van der Waals surface area (Å²) in [6.45, 7) is 5.34. The molecule has 1 aliphatic rings. The number of nitrogens with one attached hydrogen (secondary N) is 1. The Bertz CT molecular complexity index is 797. The van der Waals surface area contributed by atoms with E-state index in [0.29, 0.717) is 5.92 Å². The van der Waals surface area contributed by atoms with Crippen LogP contribution in [0.3, 0.4) is 0 Å². The van der Waals surface area contributed by atoms with Crippen molar-refractivity contribution < 1.29 is 0 Å². The van der Waals surface area contributed by atoms with E-state index >= 15 is 0 Å². The molecule has 0 spiro atoms. The first-order valence-corrected chi connectivity index (χ1v) is 9.08.